The predicted octanol–water partition coefficient (Wildman–Crippen LogP) is 0.571. The maximum Gasteiger partial charge on any atom is 0.234 e. The summed E-state index contributed by atoms with van der Waals surface area (Å²) in [6, 6.07) is 0.106. The third-order valence-corrected chi connectivity index (χ3v) is 3.48. The molecule has 0 aliphatic heterocycles. The summed E-state index contributed by atoms with van der Waals surface area (Å²) in [5, 5.41) is 10.4. The second kappa shape index (κ2) is 8.24. The van der Waals surface area contributed by atoms with E-state index in [2.05, 4.69) is 15.7 Å². The zero-order valence-electron chi connectivity index (χ0n) is 12.0. The van der Waals surface area contributed by atoms with Crippen LogP contribution in [0.1, 0.15) is 30.1 Å². The molecule has 1 aromatic heterocycles. The number of hydrogen-bond donors (Lipinski definition) is 2. The van der Waals surface area contributed by atoms with Gasteiger partial charge in [0, 0.05) is 32.0 Å². The van der Waals surface area contributed by atoms with Gasteiger partial charge in [-0.05, 0) is 19.3 Å². The Balaban J connectivity index is 0.00000200. The van der Waals surface area contributed by atoms with Crippen molar-refractivity contribution in [2.75, 3.05) is 26.8 Å². The maximum absolute atomic E-state index is 11.8. The van der Waals surface area contributed by atoms with E-state index >= 15 is 0 Å². The van der Waals surface area contributed by atoms with Crippen molar-refractivity contribution in [2.24, 2.45) is 7.05 Å². The molecule has 2 N–H and O–H groups in total. The molecule has 0 spiro atoms. The summed E-state index contributed by atoms with van der Waals surface area (Å²) in [6.45, 7) is 1.63. The Morgan fingerprint density at radius 2 is 2.40 bits per heavy atom. The molecular weight excluding hydrogens is 280 g/mol. The molecule has 6 nitrogen and oxygen atoms in total. The average molecular weight is 303 g/mol. The van der Waals surface area contributed by atoms with Gasteiger partial charge in [0.05, 0.1) is 25.4 Å². The van der Waals surface area contributed by atoms with Crippen LogP contribution in [0.15, 0.2) is 6.20 Å². The molecular formula is C13H23ClN4O2. The van der Waals surface area contributed by atoms with Gasteiger partial charge in [-0.1, -0.05) is 0 Å². The maximum atomic E-state index is 11.8. The Hall–Kier alpha value is -1.11. The smallest absolute Gasteiger partial charge is 0.234 e. The molecule has 1 atom stereocenters. The van der Waals surface area contributed by atoms with Crippen molar-refractivity contribution in [3.05, 3.63) is 17.5 Å². The molecule has 0 bridgehead atoms. The van der Waals surface area contributed by atoms with E-state index in [-0.39, 0.29) is 24.4 Å². The van der Waals surface area contributed by atoms with Gasteiger partial charge in [-0.2, -0.15) is 5.10 Å². The van der Waals surface area contributed by atoms with Gasteiger partial charge in [-0.25, -0.2) is 0 Å². The van der Waals surface area contributed by atoms with Gasteiger partial charge in [0.2, 0.25) is 5.91 Å². The standard InChI is InChI=1S/C13H22N4O2.ClH/c1-17-12-5-3-4-11(10(12)8-15-17)16-13(18)9-14-6-7-19-2;/h8,11,14H,3-7,9H2,1-2H3,(H,16,18);1H. The Morgan fingerprint density at radius 1 is 1.60 bits per heavy atom. The Labute approximate surface area is 125 Å². The summed E-state index contributed by atoms with van der Waals surface area (Å²) in [4.78, 5) is 11.8. The number of fused-ring (bicyclic) bond motifs is 1. The fraction of sp³-hybridized carbons (Fsp3) is 0.692. The summed E-state index contributed by atoms with van der Waals surface area (Å²) in [7, 11) is 3.60. The van der Waals surface area contributed by atoms with Gasteiger partial charge in [0.1, 0.15) is 0 Å². The lowest BCUT2D eigenvalue weighted by atomic mass is 9.93. The number of nitrogens with zero attached hydrogens (tertiary/aromatic N) is 2. The summed E-state index contributed by atoms with van der Waals surface area (Å²) < 4.78 is 6.82. The van der Waals surface area contributed by atoms with Gasteiger partial charge in [-0.15, -0.1) is 12.4 Å². The highest BCUT2D eigenvalue weighted by Crippen LogP contribution is 2.28. The van der Waals surface area contributed by atoms with Crippen LogP contribution in [0, 0.1) is 0 Å². The number of methoxy groups -OCH3 is 1. The van der Waals surface area contributed by atoms with E-state index in [1.54, 1.807) is 7.11 Å². The normalized spacial score (nSPS) is 17.2. The minimum Gasteiger partial charge on any atom is -0.383 e. The number of nitrogens with one attached hydrogen (secondary N) is 2. The van der Waals surface area contributed by atoms with E-state index < -0.39 is 0 Å². The highest BCUT2D eigenvalue weighted by molar-refractivity contribution is 5.85. The molecule has 0 radical (unpaired) electrons. The molecule has 114 valence electrons. The summed E-state index contributed by atoms with van der Waals surface area (Å²) >= 11 is 0. The number of aromatic nitrogens is 2. The minimum atomic E-state index is 0. The van der Waals surface area contributed by atoms with Crippen molar-refractivity contribution in [3.8, 4) is 0 Å². The van der Waals surface area contributed by atoms with Crippen molar-refractivity contribution < 1.29 is 9.53 Å². The van der Waals surface area contributed by atoms with E-state index in [1.165, 1.54) is 11.3 Å². The third kappa shape index (κ3) is 4.19. The van der Waals surface area contributed by atoms with Crippen LogP contribution in [0.4, 0.5) is 0 Å². The Bertz CT molecular complexity index is 436. The number of halogens is 1. The number of rotatable bonds is 6. The lowest BCUT2D eigenvalue weighted by molar-refractivity contribution is -0.121. The van der Waals surface area contributed by atoms with Crippen LogP contribution in [0.3, 0.4) is 0 Å². The molecule has 0 fully saturated rings. The van der Waals surface area contributed by atoms with Gasteiger partial charge < -0.3 is 15.4 Å². The molecule has 7 heteroatoms. The lowest BCUT2D eigenvalue weighted by Gasteiger charge is -2.23. The number of carbonyl (C=O) groups excluding carboxylic acids is 1. The molecule has 1 aliphatic rings. The van der Waals surface area contributed by atoms with Crippen LogP contribution in [0.2, 0.25) is 0 Å². The second-order valence-electron chi connectivity index (χ2n) is 4.85. The fourth-order valence-electron chi connectivity index (χ4n) is 2.48. The van der Waals surface area contributed by atoms with Crippen LogP contribution in [0.5, 0.6) is 0 Å². The van der Waals surface area contributed by atoms with Crippen LogP contribution in [-0.2, 0) is 23.0 Å². The van der Waals surface area contributed by atoms with Gasteiger partial charge >= 0.3 is 0 Å². The zero-order valence-corrected chi connectivity index (χ0v) is 12.8. The molecule has 0 aromatic carbocycles. The second-order valence-corrected chi connectivity index (χ2v) is 4.85. The number of carbonyl (C=O) groups is 1. The van der Waals surface area contributed by atoms with Crippen molar-refractivity contribution >= 4 is 18.3 Å². The first-order valence-corrected chi connectivity index (χ1v) is 6.72. The minimum absolute atomic E-state index is 0. The van der Waals surface area contributed by atoms with E-state index in [9.17, 15) is 4.79 Å². The quantitative estimate of drug-likeness (QED) is 0.754. The molecule has 20 heavy (non-hydrogen) atoms. The summed E-state index contributed by atoms with van der Waals surface area (Å²) in [5.41, 5.74) is 2.41. The Kier molecular flexibility index (Phi) is 6.98. The van der Waals surface area contributed by atoms with Gasteiger partial charge in [0.25, 0.3) is 0 Å². The van der Waals surface area contributed by atoms with E-state index in [1.807, 2.05) is 17.9 Å². The monoisotopic (exact) mass is 302 g/mol. The van der Waals surface area contributed by atoms with Crippen LogP contribution >= 0.6 is 12.4 Å². The molecule has 0 saturated heterocycles. The van der Waals surface area contributed by atoms with Crippen LogP contribution in [0.25, 0.3) is 0 Å². The van der Waals surface area contributed by atoms with E-state index in [0.717, 1.165) is 19.3 Å². The van der Waals surface area contributed by atoms with Crippen LogP contribution < -0.4 is 10.6 Å². The van der Waals surface area contributed by atoms with Crippen LogP contribution in [-0.4, -0.2) is 42.5 Å². The largest absolute Gasteiger partial charge is 0.383 e. The first-order chi connectivity index (χ1) is 9.22. The fourth-order valence-corrected chi connectivity index (χ4v) is 2.48. The number of hydrogen-bond acceptors (Lipinski definition) is 4. The Morgan fingerprint density at radius 3 is 3.15 bits per heavy atom. The highest BCUT2D eigenvalue weighted by Gasteiger charge is 2.24. The van der Waals surface area contributed by atoms with Crippen molar-refractivity contribution in [1.82, 2.24) is 20.4 Å². The van der Waals surface area contributed by atoms with Crippen molar-refractivity contribution in [2.45, 2.75) is 25.3 Å². The van der Waals surface area contributed by atoms with E-state index in [4.69, 9.17) is 4.74 Å². The highest BCUT2D eigenvalue weighted by atomic mass is 35.5. The third-order valence-electron chi connectivity index (χ3n) is 3.48. The number of ether oxygens (including phenoxy) is 1. The van der Waals surface area contributed by atoms with Crippen molar-refractivity contribution in [1.29, 1.82) is 0 Å². The number of aryl methyl sites for hydroxylation is 1. The molecule has 1 aromatic rings. The zero-order chi connectivity index (χ0) is 13.7. The molecule has 0 saturated carbocycles. The first-order valence-electron chi connectivity index (χ1n) is 6.72. The van der Waals surface area contributed by atoms with E-state index in [0.29, 0.717) is 19.7 Å². The lowest BCUT2D eigenvalue weighted by Crippen LogP contribution is -2.38. The summed E-state index contributed by atoms with van der Waals surface area (Å²) in [6.07, 6.45) is 5.00. The SMILES string of the molecule is COCCNCC(=O)NC1CCCc2c1cnn2C.Cl. The van der Waals surface area contributed by atoms with Crippen molar-refractivity contribution in [3.63, 3.8) is 0 Å². The predicted molar refractivity (Wildman–Crippen MR) is 79.0 cm³/mol. The molecule has 2 rings (SSSR count). The molecule has 1 amide bonds. The van der Waals surface area contributed by atoms with Gasteiger partial charge in [0.15, 0.2) is 0 Å². The first kappa shape index (κ1) is 16.9. The summed E-state index contributed by atoms with van der Waals surface area (Å²) in [5.74, 6) is 0.0257. The average Bonchev–Trinajstić information content (AvgIpc) is 2.78. The number of amides is 1. The topological polar surface area (TPSA) is 68.2 Å². The van der Waals surface area contributed by atoms with Gasteiger partial charge in [-0.3, -0.25) is 9.48 Å². The molecule has 1 heterocycles. The molecule has 1 unspecified atom stereocenters. The molecule has 1 aliphatic carbocycles.